The Bertz CT molecular complexity index is 925. The molecule has 0 spiro atoms. The van der Waals surface area contributed by atoms with E-state index in [4.69, 9.17) is 4.74 Å². The lowest BCUT2D eigenvalue weighted by atomic mass is 9.88. The van der Waals surface area contributed by atoms with Gasteiger partial charge in [-0.1, -0.05) is 24.3 Å². The summed E-state index contributed by atoms with van der Waals surface area (Å²) in [6, 6.07) is 10.9. The molecular weight excluding hydrogens is 362 g/mol. The zero-order valence-electron chi connectivity index (χ0n) is 14.0. The summed E-state index contributed by atoms with van der Waals surface area (Å²) in [4.78, 5) is 3.87. The van der Waals surface area contributed by atoms with Crippen molar-refractivity contribution in [3.63, 3.8) is 0 Å². The van der Waals surface area contributed by atoms with Gasteiger partial charge in [0.2, 0.25) is 0 Å². The molecule has 0 bridgehead atoms. The highest BCUT2D eigenvalue weighted by atomic mass is 19.4. The molecule has 27 heavy (non-hydrogen) atoms. The van der Waals surface area contributed by atoms with E-state index in [2.05, 4.69) is 10.1 Å². The molecule has 2 aromatic carbocycles. The number of hydrogen-bond donors (Lipinski definition) is 0. The maximum atomic E-state index is 13.2. The van der Waals surface area contributed by atoms with Crippen LogP contribution in [0.15, 0.2) is 61.2 Å². The van der Waals surface area contributed by atoms with Gasteiger partial charge in [-0.2, -0.15) is 18.3 Å². The third-order valence-corrected chi connectivity index (χ3v) is 4.72. The Hall–Kier alpha value is -2.74. The molecule has 3 aromatic rings. The van der Waals surface area contributed by atoms with E-state index in [1.807, 2.05) is 0 Å². The van der Waals surface area contributed by atoms with E-state index in [-0.39, 0.29) is 5.82 Å². The molecule has 1 aromatic heterocycles. The van der Waals surface area contributed by atoms with Crippen LogP contribution >= 0.6 is 0 Å². The molecule has 2 heterocycles. The van der Waals surface area contributed by atoms with Crippen LogP contribution in [0.5, 0.6) is 0 Å². The van der Waals surface area contributed by atoms with Gasteiger partial charge < -0.3 is 4.74 Å². The lowest BCUT2D eigenvalue weighted by molar-refractivity contribution is -0.137. The van der Waals surface area contributed by atoms with Gasteiger partial charge in [0.1, 0.15) is 30.2 Å². The predicted octanol–water partition coefficient (Wildman–Crippen LogP) is 4.49. The number of epoxide rings is 1. The Balaban J connectivity index is 1.68. The second kappa shape index (κ2) is 6.45. The molecule has 1 saturated heterocycles. The average molecular weight is 377 g/mol. The van der Waals surface area contributed by atoms with Crippen molar-refractivity contribution in [1.82, 2.24) is 14.8 Å². The first-order valence-electron chi connectivity index (χ1n) is 8.32. The van der Waals surface area contributed by atoms with Gasteiger partial charge >= 0.3 is 6.18 Å². The van der Waals surface area contributed by atoms with Gasteiger partial charge in [0, 0.05) is 13.0 Å². The standard InChI is InChI=1S/C19H15F4N3O/c20-16-6-4-13(5-7-16)17-18(27-17,8-9-26-12-24-11-25-26)14-2-1-3-15(10-14)19(21,22)23/h1-7,10-12,17H,8-9H2/t17-,18+/m0/s1. The van der Waals surface area contributed by atoms with Crippen molar-refractivity contribution in [3.8, 4) is 0 Å². The molecule has 0 aliphatic carbocycles. The first kappa shape index (κ1) is 17.7. The second-order valence-electron chi connectivity index (χ2n) is 6.43. The molecule has 1 fully saturated rings. The number of halogens is 4. The summed E-state index contributed by atoms with van der Waals surface area (Å²) in [6.07, 6.45) is -1.56. The van der Waals surface area contributed by atoms with Crippen molar-refractivity contribution < 1.29 is 22.3 Å². The summed E-state index contributed by atoms with van der Waals surface area (Å²) >= 11 is 0. The Morgan fingerprint density at radius 3 is 2.56 bits per heavy atom. The number of benzene rings is 2. The second-order valence-corrected chi connectivity index (χ2v) is 6.43. The van der Waals surface area contributed by atoms with Crippen LogP contribution in [0.4, 0.5) is 17.6 Å². The number of aryl methyl sites for hydroxylation is 1. The highest BCUT2D eigenvalue weighted by Gasteiger charge is 2.58. The highest BCUT2D eigenvalue weighted by Crippen LogP contribution is 2.59. The van der Waals surface area contributed by atoms with Gasteiger partial charge in [0.25, 0.3) is 0 Å². The van der Waals surface area contributed by atoms with E-state index in [0.29, 0.717) is 24.1 Å². The van der Waals surface area contributed by atoms with Gasteiger partial charge in [-0.05, 0) is 35.4 Å². The molecule has 8 heteroatoms. The fraction of sp³-hybridized carbons (Fsp3) is 0.263. The first-order valence-corrected chi connectivity index (χ1v) is 8.32. The summed E-state index contributed by atoms with van der Waals surface area (Å²) in [6.45, 7) is 0.425. The maximum Gasteiger partial charge on any atom is 0.416 e. The highest BCUT2D eigenvalue weighted by molar-refractivity contribution is 5.38. The molecule has 0 unspecified atom stereocenters. The van der Waals surface area contributed by atoms with Crippen molar-refractivity contribution >= 4 is 0 Å². The number of ether oxygens (including phenoxy) is 1. The summed E-state index contributed by atoms with van der Waals surface area (Å²) in [7, 11) is 0. The Morgan fingerprint density at radius 2 is 1.89 bits per heavy atom. The van der Waals surface area contributed by atoms with Gasteiger partial charge in [0.15, 0.2) is 0 Å². The normalized spacial score (nSPS) is 22.0. The van der Waals surface area contributed by atoms with Crippen LogP contribution in [0.2, 0.25) is 0 Å². The number of nitrogens with zero attached hydrogens (tertiary/aromatic N) is 3. The fourth-order valence-electron chi connectivity index (χ4n) is 3.29. The number of hydrogen-bond acceptors (Lipinski definition) is 3. The SMILES string of the molecule is Fc1ccc([C@@H]2O[C@]2(CCn2cncn2)c2cccc(C(F)(F)F)c2)cc1. The summed E-state index contributed by atoms with van der Waals surface area (Å²) in [5.41, 5.74) is -0.502. The minimum absolute atomic E-state index is 0.383. The average Bonchev–Trinajstić information content (AvgIpc) is 3.15. The number of rotatable bonds is 5. The van der Waals surface area contributed by atoms with Crippen molar-refractivity contribution in [2.24, 2.45) is 0 Å². The third-order valence-electron chi connectivity index (χ3n) is 4.72. The Morgan fingerprint density at radius 1 is 1.11 bits per heavy atom. The van der Waals surface area contributed by atoms with Crippen LogP contribution in [-0.4, -0.2) is 14.8 Å². The molecule has 2 atom stereocenters. The molecular formula is C19H15F4N3O. The zero-order chi connectivity index (χ0) is 19.1. The van der Waals surface area contributed by atoms with E-state index in [0.717, 1.165) is 12.1 Å². The summed E-state index contributed by atoms with van der Waals surface area (Å²) in [5, 5.41) is 4.03. The van der Waals surface area contributed by atoms with E-state index >= 15 is 0 Å². The Kier molecular flexibility index (Phi) is 4.22. The molecule has 140 valence electrons. The Labute approximate surface area is 152 Å². The zero-order valence-corrected chi connectivity index (χ0v) is 14.0. The van der Waals surface area contributed by atoms with Crippen LogP contribution in [0, 0.1) is 5.82 Å². The summed E-state index contributed by atoms with van der Waals surface area (Å²) in [5.74, 6) is -0.383. The first-order chi connectivity index (χ1) is 12.9. The summed E-state index contributed by atoms with van der Waals surface area (Å²) < 4.78 is 60.2. The molecule has 0 N–H and O–H groups in total. The van der Waals surface area contributed by atoms with Gasteiger partial charge in [0.05, 0.1) is 5.56 Å². The minimum Gasteiger partial charge on any atom is -0.356 e. The number of alkyl halides is 3. The maximum absolute atomic E-state index is 13.2. The van der Waals surface area contributed by atoms with Crippen LogP contribution in [0.25, 0.3) is 0 Å². The predicted molar refractivity (Wildman–Crippen MR) is 88.0 cm³/mol. The van der Waals surface area contributed by atoms with Crippen molar-refractivity contribution in [2.45, 2.75) is 30.8 Å². The molecule has 1 aliphatic rings. The lowest BCUT2D eigenvalue weighted by Gasteiger charge is -2.16. The smallest absolute Gasteiger partial charge is 0.356 e. The molecule has 1 aliphatic heterocycles. The van der Waals surface area contributed by atoms with Crippen molar-refractivity contribution in [2.75, 3.05) is 0 Å². The van der Waals surface area contributed by atoms with Gasteiger partial charge in [-0.3, -0.25) is 4.68 Å². The van der Waals surface area contributed by atoms with Crippen LogP contribution in [0.3, 0.4) is 0 Å². The van der Waals surface area contributed by atoms with Crippen LogP contribution < -0.4 is 0 Å². The van der Waals surface area contributed by atoms with Gasteiger partial charge in [-0.15, -0.1) is 0 Å². The van der Waals surface area contributed by atoms with E-state index < -0.39 is 23.4 Å². The van der Waals surface area contributed by atoms with Crippen molar-refractivity contribution in [1.29, 1.82) is 0 Å². The molecule has 4 rings (SSSR count). The molecule has 0 saturated carbocycles. The van der Waals surface area contributed by atoms with E-state index in [9.17, 15) is 17.6 Å². The van der Waals surface area contributed by atoms with E-state index in [1.54, 1.807) is 22.9 Å². The minimum atomic E-state index is -4.44. The van der Waals surface area contributed by atoms with Crippen LogP contribution in [-0.2, 0) is 23.1 Å². The van der Waals surface area contributed by atoms with Crippen molar-refractivity contribution in [3.05, 3.63) is 83.7 Å². The largest absolute Gasteiger partial charge is 0.416 e. The van der Waals surface area contributed by atoms with Gasteiger partial charge in [-0.25, -0.2) is 9.37 Å². The number of aromatic nitrogens is 3. The van der Waals surface area contributed by atoms with Crippen LogP contribution in [0.1, 0.15) is 29.2 Å². The lowest BCUT2D eigenvalue weighted by Crippen LogP contribution is -2.16. The fourth-order valence-corrected chi connectivity index (χ4v) is 3.29. The molecule has 4 nitrogen and oxygen atoms in total. The quantitative estimate of drug-likeness (QED) is 0.486. The topological polar surface area (TPSA) is 43.2 Å². The van der Waals surface area contributed by atoms with E-state index in [1.165, 1.54) is 30.9 Å². The molecule has 0 radical (unpaired) electrons. The molecule has 0 amide bonds. The monoisotopic (exact) mass is 377 g/mol. The third kappa shape index (κ3) is 3.44.